The maximum atomic E-state index is 5.40. The molecule has 0 aliphatic heterocycles. The maximum absolute atomic E-state index is 5.40. The molecule has 0 radical (unpaired) electrons. The SMILES string of the molecule is CCc1ccc(C(=NNC(N)=S)C2CC2)cc1. The van der Waals surface area contributed by atoms with Gasteiger partial charge < -0.3 is 5.73 Å². The predicted molar refractivity (Wildman–Crippen MR) is 75.0 cm³/mol. The highest BCUT2D eigenvalue weighted by Crippen LogP contribution is 2.33. The summed E-state index contributed by atoms with van der Waals surface area (Å²) >= 11 is 4.77. The third-order valence-electron chi connectivity index (χ3n) is 2.91. The van der Waals surface area contributed by atoms with Crippen molar-refractivity contribution in [3.63, 3.8) is 0 Å². The number of hydrazone groups is 1. The zero-order valence-electron chi connectivity index (χ0n) is 9.94. The zero-order chi connectivity index (χ0) is 12.3. The summed E-state index contributed by atoms with van der Waals surface area (Å²) in [6, 6.07) is 8.54. The average molecular weight is 247 g/mol. The fourth-order valence-electron chi connectivity index (χ4n) is 1.77. The molecular formula is C13H17N3S. The van der Waals surface area contributed by atoms with Gasteiger partial charge in [-0.1, -0.05) is 31.2 Å². The average Bonchev–Trinajstić information content (AvgIpc) is 3.14. The zero-order valence-corrected chi connectivity index (χ0v) is 10.8. The van der Waals surface area contributed by atoms with Crippen LogP contribution in [0.1, 0.15) is 30.9 Å². The standard InChI is InChI=1S/C13H17N3S/c1-2-9-3-5-10(6-4-9)12(11-7-8-11)15-16-13(14)17/h3-6,11H,2,7-8H2,1H3,(H3,14,16,17). The number of hydrogen-bond donors (Lipinski definition) is 2. The van der Waals surface area contributed by atoms with Crippen molar-refractivity contribution >= 4 is 23.0 Å². The van der Waals surface area contributed by atoms with Gasteiger partial charge in [0.25, 0.3) is 0 Å². The van der Waals surface area contributed by atoms with Crippen molar-refractivity contribution in [1.82, 2.24) is 5.43 Å². The van der Waals surface area contributed by atoms with E-state index in [-0.39, 0.29) is 5.11 Å². The van der Waals surface area contributed by atoms with Gasteiger partial charge in [-0.25, -0.2) is 0 Å². The third-order valence-corrected chi connectivity index (χ3v) is 3.00. The first-order valence-corrected chi connectivity index (χ1v) is 6.34. The van der Waals surface area contributed by atoms with E-state index in [1.165, 1.54) is 18.4 Å². The van der Waals surface area contributed by atoms with Gasteiger partial charge in [-0.3, -0.25) is 5.43 Å². The second kappa shape index (κ2) is 5.27. The summed E-state index contributed by atoms with van der Waals surface area (Å²) in [4.78, 5) is 0. The Kier molecular flexibility index (Phi) is 3.74. The van der Waals surface area contributed by atoms with Gasteiger partial charge in [0.1, 0.15) is 0 Å². The molecule has 0 spiro atoms. The number of nitrogens with one attached hydrogen (secondary N) is 1. The third kappa shape index (κ3) is 3.27. The van der Waals surface area contributed by atoms with E-state index in [1.54, 1.807) is 0 Å². The molecule has 1 aliphatic carbocycles. The Morgan fingerprint density at radius 1 is 1.41 bits per heavy atom. The van der Waals surface area contributed by atoms with E-state index < -0.39 is 0 Å². The Morgan fingerprint density at radius 3 is 2.53 bits per heavy atom. The highest BCUT2D eigenvalue weighted by atomic mass is 32.1. The van der Waals surface area contributed by atoms with Crippen LogP contribution in [0.15, 0.2) is 29.4 Å². The first-order valence-electron chi connectivity index (χ1n) is 5.93. The number of thiocarbonyl (C=S) groups is 1. The van der Waals surface area contributed by atoms with Gasteiger partial charge in [-0.05, 0) is 42.6 Å². The van der Waals surface area contributed by atoms with Crippen molar-refractivity contribution in [3.05, 3.63) is 35.4 Å². The summed E-state index contributed by atoms with van der Waals surface area (Å²) < 4.78 is 0. The number of benzene rings is 1. The monoisotopic (exact) mass is 247 g/mol. The number of nitrogens with zero attached hydrogens (tertiary/aromatic N) is 1. The molecule has 3 N–H and O–H groups in total. The van der Waals surface area contributed by atoms with Gasteiger partial charge >= 0.3 is 0 Å². The minimum Gasteiger partial charge on any atom is -0.375 e. The van der Waals surface area contributed by atoms with Crippen LogP contribution in [-0.2, 0) is 6.42 Å². The minimum atomic E-state index is 0.216. The number of rotatable bonds is 4. The highest BCUT2D eigenvalue weighted by molar-refractivity contribution is 7.80. The summed E-state index contributed by atoms with van der Waals surface area (Å²) in [5.41, 5.74) is 11.7. The normalized spacial score (nSPS) is 15.7. The quantitative estimate of drug-likeness (QED) is 0.487. The summed E-state index contributed by atoms with van der Waals surface area (Å²) in [7, 11) is 0. The van der Waals surface area contributed by atoms with Crippen molar-refractivity contribution in [2.75, 3.05) is 0 Å². The Labute approximate surface area is 107 Å². The van der Waals surface area contributed by atoms with Crippen molar-refractivity contribution < 1.29 is 0 Å². The van der Waals surface area contributed by atoms with Crippen LogP contribution in [0.5, 0.6) is 0 Å². The largest absolute Gasteiger partial charge is 0.375 e. The van der Waals surface area contributed by atoms with Crippen molar-refractivity contribution in [3.8, 4) is 0 Å². The molecule has 1 aliphatic rings. The molecular weight excluding hydrogens is 230 g/mol. The molecule has 0 heterocycles. The van der Waals surface area contributed by atoms with E-state index in [2.05, 4.69) is 41.7 Å². The van der Waals surface area contributed by atoms with Gasteiger partial charge in [0.15, 0.2) is 5.11 Å². The van der Waals surface area contributed by atoms with Crippen LogP contribution in [0.3, 0.4) is 0 Å². The topological polar surface area (TPSA) is 50.4 Å². The van der Waals surface area contributed by atoms with Gasteiger partial charge in [-0.15, -0.1) is 0 Å². The first kappa shape index (κ1) is 12.0. The molecule has 1 aromatic rings. The minimum absolute atomic E-state index is 0.216. The Morgan fingerprint density at radius 2 is 2.06 bits per heavy atom. The van der Waals surface area contributed by atoms with Crippen LogP contribution in [0.2, 0.25) is 0 Å². The second-order valence-corrected chi connectivity index (χ2v) is 4.74. The van der Waals surface area contributed by atoms with Crippen molar-refractivity contribution in [2.24, 2.45) is 16.8 Å². The van der Waals surface area contributed by atoms with E-state index >= 15 is 0 Å². The molecule has 0 atom stereocenters. The number of hydrogen-bond acceptors (Lipinski definition) is 2. The van der Waals surface area contributed by atoms with Crippen molar-refractivity contribution in [2.45, 2.75) is 26.2 Å². The number of nitrogens with two attached hydrogens (primary N) is 1. The smallest absolute Gasteiger partial charge is 0.184 e. The molecule has 0 amide bonds. The molecule has 2 rings (SSSR count). The Hall–Kier alpha value is -1.42. The van der Waals surface area contributed by atoms with Gasteiger partial charge in [0.2, 0.25) is 0 Å². The molecule has 0 bridgehead atoms. The summed E-state index contributed by atoms with van der Waals surface area (Å²) in [5.74, 6) is 0.560. The first-order chi connectivity index (χ1) is 8.20. The fraction of sp³-hybridized carbons (Fsp3) is 0.385. The molecule has 4 heteroatoms. The molecule has 0 aromatic heterocycles. The molecule has 1 saturated carbocycles. The lowest BCUT2D eigenvalue weighted by atomic mass is 10.0. The molecule has 0 unspecified atom stereocenters. The lowest BCUT2D eigenvalue weighted by Crippen LogP contribution is -2.26. The molecule has 3 nitrogen and oxygen atoms in total. The van der Waals surface area contributed by atoms with Crippen LogP contribution >= 0.6 is 12.2 Å². The van der Waals surface area contributed by atoms with Crippen molar-refractivity contribution in [1.29, 1.82) is 0 Å². The molecule has 1 fully saturated rings. The van der Waals surface area contributed by atoms with Crippen LogP contribution in [-0.4, -0.2) is 10.8 Å². The van der Waals surface area contributed by atoms with Crippen LogP contribution < -0.4 is 11.2 Å². The van der Waals surface area contributed by atoms with Crippen LogP contribution in [0.25, 0.3) is 0 Å². The Bertz CT molecular complexity index is 432. The second-order valence-electron chi connectivity index (χ2n) is 4.30. The van der Waals surface area contributed by atoms with Gasteiger partial charge in [0, 0.05) is 5.92 Å². The fourth-order valence-corrected chi connectivity index (χ4v) is 1.82. The summed E-state index contributed by atoms with van der Waals surface area (Å²) in [6.45, 7) is 2.15. The molecule has 90 valence electrons. The summed E-state index contributed by atoms with van der Waals surface area (Å²) in [5, 5.41) is 4.53. The van der Waals surface area contributed by atoms with Gasteiger partial charge in [-0.2, -0.15) is 5.10 Å². The lowest BCUT2D eigenvalue weighted by Gasteiger charge is -2.06. The molecule has 0 saturated heterocycles. The van der Waals surface area contributed by atoms with E-state index in [0.717, 1.165) is 17.7 Å². The van der Waals surface area contributed by atoms with E-state index in [4.69, 9.17) is 18.0 Å². The highest BCUT2D eigenvalue weighted by Gasteiger charge is 2.28. The number of aryl methyl sites for hydroxylation is 1. The Balaban J connectivity index is 2.19. The van der Waals surface area contributed by atoms with Crippen LogP contribution in [0, 0.1) is 5.92 Å². The van der Waals surface area contributed by atoms with E-state index in [1.807, 2.05) is 0 Å². The van der Waals surface area contributed by atoms with Gasteiger partial charge in [0.05, 0.1) is 5.71 Å². The lowest BCUT2D eigenvalue weighted by molar-refractivity contribution is 0.998. The molecule has 1 aromatic carbocycles. The molecule has 17 heavy (non-hydrogen) atoms. The maximum Gasteiger partial charge on any atom is 0.184 e. The summed E-state index contributed by atoms with van der Waals surface area (Å²) in [6.07, 6.45) is 3.46. The van der Waals surface area contributed by atoms with Crippen LogP contribution in [0.4, 0.5) is 0 Å². The van der Waals surface area contributed by atoms with E-state index in [9.17, 15) is 0 Å². The van der Waals surface area contributed by atoms with E-state index in [0.29, 0.717) is 5.92 Å². The predicted octanol–water partition coefficient (Wildman–Crippen LogP) is 2.20.